The zero-order valence-electron chi connectivity index (χ0n) is 9.29. The molecule has 1 N–H and O–H groups in total. The molecule has 1 rings (SSSR count). The third kappa shape index (κ3) is 3.18. The van der Waals surface area contributed by atoms with Gasteiger partial charge in [0.15, 0.2) is 0 Å². The maximum atomic E-state index is 9.78. The number of rotatable bonds is 5. The quantitative estimate of drug-likeness (QED) is 0.783. The molecule has 14 heavy (non-hydrogen) atoms. The van der Waals surface area contributed by atoms with E-state index >= 15 is 0 Å². The normalized spacial score (nSPS) is 13.5. The summed E-state index contributed by atoms with van der Waals surface area (Å²) in [5, 5.41) is 9.78. The molecule has 0 aliphatic rings. The number of hydrogen-bond acceptors (Lipinski definition) is 2. The van der Waals surface area contributed by atoms with Gasteiger partial charge in [0.05, 0.1) is 0 Å². The Morgan fingerprint density at radius 2 is 2.00 bits per heavy atom. The van der Waals surface area contributed by atoms with Crippen LogP contribution in [0.15, 0.2) is 16.5 Å². The second-order valence-corrected chi connectivity index (χ2v) is 4.14. The second-order valence-electron chi connectivity index (χ2n) is 4.14. The Balaban J connectivity index is 2.47. The first kappa shape index (κ1) is 11.3. The largest absolute Gasteiger partial charge is 0.463 e. The number of furan rings is 1. The lowest BCUT2D eigenvalue weighted by Crippen LogP contribution is -1.98. The fourth-order valence-electron chi connectivity index (χ4n) is 1.40. The van der Waals surface area contributed by atoms with E-state index in [1.165, 1.54) is 0 Å². The first-order valence-electron chi connectivity index (χ1n) is 5.40. The summed E-state index contributed by atoms with van der Waals surface area (Å²) in [5.41, 5.74) is 0. The van der Waals surface area contributed by atoms with Crippen LogP contribution in [-0.4, -0.2) is 5.11 Å². The minimum Gasteiger partial charge on any atom is -0.463 e. The van der Waals surface area contributed by atoms with Crippen molar-refractivity contribution < 1.29 is 9.52 Å². The molecule has 0 aromatic carbocycles. The predicted octanol–water partition coefficient (Wildman–Crippen LogP) is 3.31. The van der Waals surface area contributed by atoms with Crippen molar-refractivity contribution in [3.05, 3.63) is 23.7 Å². The van der Waals surface area contributed by atoms with E-state index in [4.69, 9.17) is 4.42 Å². The van der Waals surface area contributed by atoms with Crippen LogP contribution in [0, 0.1) is 5.92 Å². The lowest BCUT2D eigenvalue weighted by molar-refractivity contribution is 0.131. The molecule has 1 atom stereocenters. The SMILES string of the molecule is CCc1ccc(C(O)CCC(C)C)o1. The number of aliphatic hydroxyl groups excluding tert-OH is 1. The molecular formula is C12H20O2. The van der Waals surface area contributed by atoms with Crippen LogP contribution in [0.4, 0.5) is 0 Å². The molecule has 0 radical (unpaired) electrons. The highest BCUT2D eigenvalue weighted by Gasteiger charge is 2.12. The molecule has 0 spiro atoms. The van der Waals surface area contributed by atoms with E-state index in [-0.39, 0.29) is 0 Å². The van der Waals surface area contributed by atoms with Crippen molar-refractivity contribution in [2.24, 2.45) is 5.92 Å². The van der Waals surface area contributed by atoms with E-state index in [2.05, 4.69) is 13.8 Å². The van der Waals surface area contributed by atoms with Gasteiger partial charge in [-0.15, -0.1) is 0 Å². The Labute approximate surface area is 85.9 Å². The van der Waals surface area contributed by atoms with Gasteiger partial charge >= 0.3 is 0 Å². The van der Waals surface area contributed by atoms with Crippen LogP contribution < -0.4 is 0 Å². The maximum Gasteiger partial charge on any atom is 0.132 e. The summed E-state index contributed by atoms with van der Waals surface area (Å²) in [6.07, 6.45) is 2.27. The summed E-state index contributed by atoms with van der Waals surface area (Å²) in [5.74, 6) is 2.29. The summed E-state index contributed by atoms with van der Waals surface area (Å²) in [7, 11) is 0. The molecule has 1 aromatic heterocycles. The van der Waals surface area contributed by atoms with Crippen molar-refractivity contribution in [1.29, 1.82) is 0 Å². The topological polar surface area (TPSA) is 33.4 Å². The van der Waals surface area contributed by atoms with E-state index < -0.39 is 6.10 Å². The van der Waals surface area contributed by atoms with Gasteiger partial charge in [0, 0.05) is 6.42 Å². The zero-order valence-corrected chi connectivity index (χ0v) is 9.29. The van der Waals surface area contributed by atoms with Crippen LogP contribution in [0.1, 0.15) is 51.2 Å². The van der Waals surface area contributed by atoms with Crippen molar-refractivity contribution in [3.63, 3.8) is 0 Å². The molecule has 0 saturated carbocycles. The third-order valence-corrected chi connectivity index (χ3v) is 2.38. The van der Waals surface area contributed by atoms with Crippen LogP contribution in [0.25, 0.3) is 0 Å². The summed E-state index contributed by atoms with van der Waals surface area (Å²) in [4.78, 5) is 0. The molecule has 0 fully saturated rings. The highest BCUT2D eigenvalue weighted by molar-refractivity contribution is 5.09. The maximum absolute atomic E-state index is 9.78. The van der Waals surface area contributed by atoms with E-state index in [9.17, 15) is 5.11 Å². The number of hydrogen-bond donors (Lipinski definition) is 1. The molecular weight excluding hydrogens is 176 g/mol. The zero-order chi connectivity index (χ0) is 10.6. The molecule has 0 bridgehead atoms. The first-order valence-corrected chi connectivity index (χ1v) is 5.40. The van der Waals surface area contributed by atoms with Gasteiger partial charge in [-0.3, -0.25) is 0 Å². The molecule has 0 aliphatic heterocycles. The van der Waals surface area contributed by atoms with Crippen LogP contribution in [0.2, 0.25) is 0 Å². The van der Waals surface area contributed by atoms with Crippen molar-refractivity contribution in [3.8, 4) is 0 Å². The predicted molar refractivity (Wildman–Crippen MR) is 57.1 cm³/mol. The van der Waals surface area contributed by atoms with Crippen molar-refractivity contribution in [2.45, 2.75) is 46.1 Å². The second kappa shape index (κ2) is 5.20. The number of aryl methyl sites for hydroxylation is 1. The average molecular weight is 196 g/mol. The molecule has 1 unspecified atom stereocenters. The van der Waals surface area contributed by atoms with Crippen molar-refractivity contribution >= 4 is 0 Å². The van der Waals surface area contributed by atoms with Crippen LogP contribution in [-0.2, 0) is 6.42 Å². The van der Waals surface area contributed by atoms with Gasteiger partial charge in [-0.25, -0.2) is 0 Å². The van der Waals surface area contributed by atoms with Crippen molar-refractivity contribution in [1.82, 2.24) is 0 Å². The fraction of sp³-hybridized carbons (Fsp3) is 0.667. The molecule has 1 aromatic rings. The van der Waals surface area contributed by atoms with Gasteiger partial charge in [0.25, 0.3) is 0 Å². The van der Waals surface area contributed by atoms with Gasteiger partial charge in [-0.2, -0.15) is 0 Å². The van der Waals surface area contributed by atoms with Gasteiger partial charge in [0.2, 0.25) is 0 Å². The summed E-state index contributed by atoms with van der Waals surface area (Å²) in [6, 6.07) is 3.82. The molecule has 0 saturated heterocycles. The molecule has 2 heteroatoms. The van der Waals surface area contributed by atoms with Gasteiger partial charge in [0.1, 0.15) is 17.6 Å². The van der Waals surface area contributed by atoms with Gasteiger partial charge in [-0.1, -0.05) is 20.8 Å². The standard InChI is InChI=1S/C12H20O2/c1-4-10-6-8-12(14-10)11(13)7-5-9(2)3/h6,8-9,11,13H,4-5,7H2,1-3H3. The smallest absolute Gasteiger partial charge is 0.132 e. The molecule has 1 heterocycles. The Kier molecular flexibility index (Phi) is 4.21. The van der Waals surface area contributed by atoms with E-state index in [0.717, 1.165) is 25.0 Å². The number of aliphatic hydroxyl groups is 1. The molecule has 0 aliphatic carbocycles. The minimum atomic E-state index is -0.433. The van der Waals surface area contributed by atoms with E-state index in [1.807, 2.05) is 19.1 Å². The Morgan fingerprint density at radius 1 is 1.29 bits per heavy atom. The summed E-state index contributed by atoms with van der Waals surface area (Å²) >= 11 is 0. The summed E-state index contributed by atoms with van der Waals surface area (Å²) in [6.45, 7) is 6.36. The lowest BCUT2D eigenvalue weighted by Gasteiger charge is -2.09. The van der Waals surface area contributed by atoms with E-state index in [1.54, 1.807) is 0 Å². The minimum absolute atomic E-state index is 0.433. The van der Waals surface area contributed by atoms with Crippen LogP contribution in [0.3, 0.4) is 0 Å². The van der Waals surface area contributed by atoms with Gasteiger partial charge in [-0.05, 0) is 30.9 Å². The van der Waals surface area contributed by atoms with Crippen molar-refractivity contribution in [2.75, 3.05) is 0 Å². The first-order chi connectivity index (χ1) is 6.63. The monoisotopic (exact) mass is 196 g/mol. The lowest BCUT2D eigenvalue weighted by atomic mass is 10.0. The molecule has 80 valence electrons. The Morgan fingerprint density at radius 3 is 2.50 bits per heavy atom. The average Bonchev–Trinajstić information content (AvgIpc) is 2.62. The third-order valence-electron chi connectivity index (χ3n) is 2.38. The highest BCUT2D eigenvalue weighted by atomic mass is 16.4. The fourth-order valence-corrected chi connectivity index (χ4v) is 1.40. The molecule has 0 amide bonds. The molecule has 2 nitrogen and oxygen atoms in total. The summed E-state index contributed by atoms with van der Waals surface area (Å²) < 4.78 is 5.48. The Bertz CT molecular complexity index is 263. The highest BCUT2D eigenvalue weighted by Crippen LogP contribution is 2.22. The van der Waals surface area contributed by atoms with Crippen LogP contribution in [0.5, 0.6) is 0 Å². The van der Waals surface area contributed by atoms with Crippen LogP contribution >= 0.6 is 0 Å². The Hall–Kier alpha value is -0.760. The van der Waals surface area contributed by atoms with Gasteiger partial charge < -0.3 is 9.52 Å². The van der Waals surface area contributed by atoms with E-state index in [0.29, 0.717) is 11.7 Å².